The number of carbonyl (C=O) groups excluding carboxylic acids is 3. The van der Waals surface area contributed by atoms with Crippen molar-refractivity contribution in [3.8, 4) is 0 Å². The topological polar surface area (TPSA) is 78.9 Å². The van der Waals surface area contributed by atoms with Crippen molar-refractivity contribution in [2.24, 2.45) is 0 Å². The molecule has 0 bridgehead atoms. The van der Waals surface area contributed by atoms with Gasteiger partial charge in [0.25, 0.3) is 0 Å². The number of ether oxygens (including phenoxy) is 3. The van der Waals surface area contributed by atoms with E-state index in [0.717, 1.165) is 64.2 Å². The molecule has 0 amide bonds. The Morgan fingerprint density at radius 3 is 0.617 bits per heavy atom. The molecule has 0 aromatic rings. The standard InChI is InChI=1S/C75H142O6/c1-4-7-10-13-16-19-22-25-27-28-29-30-31-32-33-34-35-36-37-38-39-40-41-42-43-44-45-46-48-50-53-56-59-62-65-68-74(77)80-71-72(70-79-73(76)67-64-61-58-55-52-49-24-21-18-15-12-9-6-3)81-75(78)69-66-63-60-57-54-51-47-26-23-20-17-14-11-8-5-2/h26,28-29,47,72H,4-25,27,30-46,48-71H2,1-3H3/b29-28-,47-26-. The highest BCUT2D eigenvalue weighted by Crippen LogP contribution is 2.19. The third kappa shape index (κ3) is 68.6. The summed E-state index contributed by atoms with van der Waals surface area (Å²) >= 11 is 0. The Morgan fingerprint density at radius 1 is 0.235 bits per heavy atom. The van der Waals surface area contributed by atoms with Gasteiger partial charge in [-0.15, -0.1) is 0 Å². The summed E-state index contributed by atoms with van der Waals surface area (Å²) in [6.45, 7) is 6.70. The highest BCUT2D eigenvalue weighted by molar-refractivity contribution is 5.71. The van der Waals surface area contributed by atoms with Crippen LogP contribution in [0, 0.1) is 0 Å². The minimum absolute atomic E-state index is 0.0680. The summed E-state index contributed by atoms with van der Waals surface area (Å²) in [6, 6.07) is 0. The molecule has 6 heteroatoms. The van der Waals surface area contributed by atoms with E-state index >= 15 is 0 Å². The molecule has 0 fully saturated rings. The van der Waals surface area contributed by atoms with Gasteiger partial charge >= 0.3 is 17.9 Å². The summed E-state index contributed by atoms with van der Waals surface area (Å²) in [5.74, 6) is -0.846. The molecule has 0 aromatic heterocycles. The molecule has 0 radical (unpaired) electrons. The minimum Gasteiger partial charge on any atom is -0.462 e. The quantitative estimate of drug-likeness (QED) is 0.0261. The zero-order chi connectivity index (χ0) is 58.5. The fourth-order valence-corrected chi connectivity index (χ4v) is 11.4. The van der Waals surface area contributed by atoms with E-state index in [1.807, 2.05) is 0 Å². The van der Waals surface area contributed by atoms with Gasteiger partial charge in [0.1, 0.15) is 13.2 Å². The first-order chi connectivity index (χ1) is 40.0. The highest BCUT2D eigenvalue weighted by Gasteiger charge is 2.19. The molecule has 0 saturated heterocycles. The SMILES string of the molecule is CCCCCCCC/C=C\CCCCCCCC(=O)OC(COC(=O)CCCCCCCCCCCCCCC)COC(=O)CCCCCCCCCCCCCCCCCCCCCCCCC/C=C\CCCCCCCCCC. The molecule has 1 atom stereocenters. The Kier molecular flexibility index (Phi) is 68.5. The van der Waals surface area contributed by atoms with Crippen LogP contribution in [0.5, 0.6) is 0 Å². The molecule has 1 unspecified atom stereocenters. The molecule has 0 N–H and O–H groups in total. The van der Waals surface area contributed by atoms with Crippen LogP contribution in [0.25, 0.3) is 0 Å². The van der Waals surface area contributed by atoms with Crippen LogP contribution in [0.3, 0.4) is 0 Å². The summed E-state index contributed by atoms with van der Waals surface area (Å²) in [4.78, 5) is 38.3. The summed E-state index contributed by atoms with van der Waals surface area (Å²) in [5.41, 5.74) is 0. The van der Waals surface area contributed by atoms with E-state index in [0.29, 0.717) is 19.3 Å². The lowest BCUT2D eigenvalue weighted by Crippen LogP contribution is -2.30. The van der Waals surface area contributed by atoms with E-state index in [2.05, 4.69) is 45.1 Å². The molecular formula is C75H142O6. The van der Waals surface area contributed by atoms with E-state index in [9.17, 15) is 14.4 Å². The monoisotopic (exact) mass is 1140 g/mol. The van der Waals surface area contributed by atoms with Crippen LogP contribution in [0.1, 0.15) is 419 Å². The van der Waals surface area contributed by atoms with Gasteiger partial charge in [-0.1, -0.05) is 353 Å². The fraction of sp³-hybridized carbons (Fsp3) is 0.907. The van der Waals surface area contributed by atoms with Crippen molar-refractivity contribution in [1.29, 1.82) is 0 Å². The summed E-state index contributed by atoms with van der Waals surface area (Å²) < 4.78 is 17.0. The molecule has 0 aliphatic rings. The lowest BCUT2D eigenvalue weighted by atomic mass is 10.0. The lowest BCUT2D eigenvalue weighted by Gasteiger charge is -2.18. The first-order valence-electron chi connectivity index (χ1n) is 36.8. The van der Waals surface area contributed by atoms with Gasteiger partial charge in [-0.3, -0.25) is 14.4 Å². The van der Waals surface area contributed by atoms with Gasteiger partial charge < -0.3 is 14.2 Å². The van der Waals surface area contributed by atoms with Gasteiger partial charge in [-0.05, 0) is 70.6 Å². The maximum Gasteiger partial charge on any atom is 0.306 e. The number of rotatable bonds is 69. The summed E-state index contributed by atoms with van der Waals surface area (Å²) in [7, 11) is 0. The van der Waals surface area contributed by atoms with Crippen molar-refractivity contribution >= 4 is 17.9 Å². The van der Waals surface area contributed by atoms with E-state index in [-0.39, 0.29) is 31.1 Å². The van der Waals surface area contributed by atoms with Crippen LogP contribution in [0.4, 0.5) is 0 Å². The minimum atomic E-state index is -0.771. The van der Waals surface area contributed by atoms with Crippen LogP contribution in [0.2, 0.25) is 0 Å². The van der Waals surface area contributed by atoms with Gasteiger partial charge in [0.2, 0.25) is 0 Å². The fourth-order valence-electron chi connectivity index (χ4n) is 11.4. The molecule has 0 saturated carbocycles. The first-order valence-corrected chi connectivity index (χ1v) is 36.8. The molecule has 478 valence electrons. The van der Waals surface area contributed by atoms with E-state index in [4.69, 9.17) is 14.2 Å². The van der Waals surface area contributed by atoms with Crippen LogP contribution >= 0.6 is 0 Å². The van der Waals surface area contributed by atoms with Crippen LogP contribution < -0.4 is 0 Å². The third-order valence-electron chi connectivity index (χ3n) is 16.9. The number of carbonyl (C=O) groups is 3. The molecule has 0 aromatic carbocycles. The lowest BCUT2D eigenvalue weighted by molar-refractivity contribution is -0.167. The summed E-state index contributed by atoms with van der Waals surface area (Å²) in [6.07, 6.45) is 86.7. The maximum absolute atomic E-state index is 12.9. The second-order valence-corrected chi connectivity index (χ2v) is 25.2. The average Bonchev–Trinajstić information content (AvgIpc) is 3.46. The van der Waals surface area contributed by atoms with Crippen LogP contribution in [-0.4, -0.2) is 37.2 Å². The number of esters is 3. The van der Waals surface area contributed by atoms with Crippen molar-refractivity contribution in [1.82, 2.24) is 0 Å². The van der Waals surface area contributed by atoms with Gasteiger partial charge in [-0.25, -0.2) is 0 Å². The molecule has 0 aliphatic carbocycles. The Balaban J connectivity index is 4.03. The molecule has 0 aliphatic heterocycles. The van der Waals surface area contributed by atoms with Crippen molar-refractivity contribution < 1.29 is 28.6 Å². The Bertz CT molecular complexity index is 1310. The van der Waals surface area contributed by atoms with Gasteiger partial charge in [-0.2, -0.15) is 0 Å². The zero-order valence-corrected chi connectivity index (χ0v) is 55.1. The molecule has 0 heterocycles. The molecule has 0 rings (SSSR count). The predicted octanol–water partition coefficient (Wildman–Crippen LogP) is 25.3. The Labute approximate surface area is 506 Å². The first kappa shape index (κ1) is 78.9. The maximum atomic E-state index is 12.9. The molecule has 6 nitrogen and oxygen atoms in total. The molecule has 81 heavy (non-hydrogen) atoms. The third-order valence-corrected chi connectivity index (χ3v) is 16.9. The Hall–Kier alpha value is -2.11. The number of hydrogen-bond donors (Lipinski definition) is 0. The van der Waals surface area contributed by atoms with E-state index in [1.54, 1.807) is 0 Å². The number of hydrogen-bond acceptors (Lipinski definition) is 6. The van der Waals surface area contributed by atoms with Gasteiger partial charge in [0.05, 0.1) is 0 Å². The number of unbranched alkanes of at least 4 members (excludes halogenated alkanes) is 54. The predicted molar refractivity (Wildman–Crippen MR) is 353 cm³/mol. The van der Waals surface area contributed by atoms with Crippen LogP contribution in [-0.2, 0) is 28.6 Å². The Morgan fingerprint density at radius 2 is 0.407 bits per heavy atom. The van der Waals surface area contributed by atoms with Crippen molar-refractivity contribution in [2.45, 2.75) is 425 Å². The van der Waals surface area contributed by atoms with Gasteiger partial charge in [0, 0.05) is 19.3 Å². The molecule has 0 spiro atoms. The second kappa shape index (κ2) is 70.4. The van der Waals surface area contributed by atoms with Crippen molar-refractivity contribution in [3.05, 3.63) is 24.3 Å². The smallest absolute Gasteiger partial charge is 0.306 e. The number of allylic oxidation sites excluding steroid dienone is 4. The van der Waals surface area contributed by atoms with Crippen LogP contribution in [0.15, 0.2) is 24.3 Å². The zero-order valence-electron chi connectivity index (χ0n) is 55.1. The molecular weight excluding hydrogens is 997 g/mol. The second-order valence-electron chi connectivity index (χ2n) is 25.2. The highest BCUT2D eigenvalue weighted by atomic mass is 16.6. The van der Waals surface area contributed by atoms with Crippen molar-refractivity contribution in [3.63, 3.8) is 0 Å². The average molecular weight is 1140 g/mol. The van der Waals surface area contributed by atoms with Gasteiger partial charge in [0.15, 0.2) is 6.10 Å². The summed E-state index contributed by atoms with van der Waals surface area (Å²) in [5, 5.41) is 0. The van der Waals surface area contributed by atoms with E-state index in [1.165, 1.54) is 315 Å². The largest absolute Gasteiger partial charge is 0.462 e. The van der Waals surface area contributed by atoms with Crippen molar-refractivity contribution in [2.75, 3.05) is 13.2 Å². The van der Waals surface area contributed by atoms with E-state index < -0.39 is 6.10 Å². The normalized spacial score (nSPS) is 12.1.